The van der Waals surface area contributed by atoms with E-state index in [0.29, 0.717) is 0 Å². The summed E-state index contributed by atoms with van der Waals surface area (Å²) in [7, 11) is 1.37. The van der Waals surface area contributed by atoms with E-state index in [-0.39, 0.29) is 34.5 Å². The number of carbonyl (C=O) groups is 1. The number of imidazole rings is 1. The third-order valence-corrected chi connectivity index (χ3v) is 6.29. The lowest BCUT2D eigenvalue weighted by Gasteiger charge is -2.41. The van der Waals surface area contributed by atoms with Gasteiger partial charge >= 0.3 is 0 Å². The molecule has 1 aromatic carbocycles. The number of methoxy groups -OCH3 is 1. The fourth-order valence-electron chi connectivity index (χ4n) is 5.06. The summed E-state index contributed by atoms with van der Waals surface area (Å²) in [5.74, 6) is -0.721. The minimum atomic E-state index is -0.533. The van der Waals surface area contributed by atoms with Gasteiger partial charge in [-0.05, 0) is 49.9 Å². The zero-order valence-electron chi connectivity index (χ0n) is 16.8. The highest BCUT2D eigenvalue weighted by Gasteiger charge is 2.61. The summed E-state index contributed by atoms with van der Waals surface area (Å²) in [5, 5.41) is 0. The van der Waals surface area contributed by atoms with Gasteiger partial charge in [0.15, 0.2) is 17.3 Å². The van der Waals surface area contributed by atoms with Crippen LogP contribution in [0.3, 0.4) is 0 Å². The predicted molar refractivity (Wildman–Crippen MR) is 106 cm³/mol. The molecule has 3 fully saturated rings. The number of benzene rings is 1. The van der Waals surface area contributed by atoms with Crippen LogP contribution in [-0.2, 0) is 16.6 Å². The fraction of sp³-hybridized carbons (Fsp3) is 0.391. The summed E-state index contributed by atoms with van der Waals surface area (Å²) in [6.45, 7) is 4.87. The maximum atomic E-state index is 13.9. The summed E-state index contributed by atoms with van der Waals surface area (Å²) >= 11 is 0. The highest BCUT2D eigenvalue weighted by Crippen LogP contribution is 2.58. The van der Waals surface area contributed by atoms with Crippen molar-refractivity contribution in [3.05, 3.63) is 64.9 Å². The second-order valence-electron chi connectivity index (χ2n) is 8.68. The number of Topliss-reactive ketones (excluding diaryl/α,β-unsaturated/α-hetero) is 1. The first-order valence-corrected chi connectivity index (χ1v) is 9.81. The Labute approximate surface area is 168 Å². The lowest BCUT2D eigenvalue weighted by Crippen LogP contribution is -2.45. The van der Waals surface area contributed by atoms with Crippen LogP contribution in [0, 0.1) is 12.7 Å². The van der Waals surface area contributed by atoms with Gasteiger partial charge in [-0.3, -0.25) is 4.79 Å². The van der Waals surface area contributed by atoms with Crippen LogP contribution in [-0.4, -0.2) is 34.5 Å². The summed E-state index contributed by atoms with van der Waals surface area (Å²) in [6.07, 6.45) is 6.18. The summed E-state index contributed by atoms with van der Waals surface area (Å²) < 4.78 is 26.9. The first-order valence-electron chi connectivity index (χ1n) is 9.81. The SMILES string of the molecule is COc1c(F)cccc1C(=O)Cc1cc(C)c2nc(C34COC(C)(C3)C4)cn2c1. The van der Waals surface area contributed by atoms with Crippen molar-refractivity contribution in [2.45, 2.75) is 44.1 Å². The van der Waals surface area contributed by atoms with E-state index in [0.717, 1.165) is 41.9 Å². The van der Waals surface area contributed by atoms with Crippen LogP contribution < -0.4 is 4.74 Å². The monoisotopic (exact) mass is 394 g/mol. The molecule has 6 rings (SSSR count). The Kier molecular flexibility index (Phi) is 3.87. The van der Waals surface area contributed by atoms with Crippen molar-refractivity contribution in [3.63, 3.8) is 0 Å². The molecule has 0 N–H and O–H groups in total. The Morgan fingerprint density at radius 2 is 2.14 bits per heavy atom. The maximum Gasteiger partial charge on any atom is 0.171 e. The van der Waals surface area contributed by atoms with Crippen LogP contribution in [0.4, 0.5) is 4.39 Å². The molecule has 4 heterocycles. The molecule has 0 atom stereocenters. The summed E-state index contributed by atoms with van der Waals surface area (Å²) in [4.78, 5) is 17.7. The van der Waals surface area contributed by atoms with Crippen LogP contribution in [0.5, 0.6) is 5.75 Å². The molecule has 1 saturated carbocycles. The molecule has 1 aliphatic carbocycles. The van der Waals surface area contributed by atoms with E-state index < -0.39 is 5.82 Å². The molecule has 2 aromatic heterocycles. The Morgan fingerprint density at radius 1 is 1.34 bits per heavy atom. The number of rotatable bonds is 5. The molecule has 3 aromatic rings. The van der Waals surface area contributed by atoms with E-state index in [1.165, 1.54) is 19.2 Å². The van der Waals surface area contributed by atoms with Crippen LogP contribution in [0.15, 0.2) is 36.7 Å². The average Bonchev–Trinajstić information content (AvgIpc) is 3.32. The van der Waals surface area contributed by atoms with Crippen LogP contribution in [0.1, 0.15) is 46.9 Å². The molecule has 0 unspecified atom stereocenters. The van der Waals surface area contributed by atoms with Gasteiger partial charge in [0.05, 0.1) is 30.6 Å². The largest absolute Gasteiger partial charge is 0.493 e. The molecule has 0 spiro atoms. The van der Waals surface area contributed by atoms with Crippen molar-refractivity contribution in [1.29, 1.82) is 0 Å². The molecular weight excluding hydrogens is 371 g/mol. The molecule has 3 aliphatic rings. The predicted octanol–water partition coefficient (Wildman–Crippen LogP) is 4.04. The Bertz CT molecular complexity index is 1140. The number of ether oxygens (including phenoxy) is 2. The van der Waals surface area contributed by atoms with Crippen LogP contribution >= 0.6 is 0 Å². The molecule has 2 bridgehead atoms. The van der Waals surface area contributed by atoms with Crippen LogP contribution in [0.2, 0.25) is 0 Å². The van der Waals surface area contributed by atoms with E-state index in [4.69, 9.17) is 14.5 Å². The van der Waals surface area contributed by atoms with Crippen molar-refractivity contribution in [2.24, 2.45) is 0 Å². The van der Waals surface area contributed by atoms with Gasteiger partial charge < -0.3 is 13.9 Å². The molecule has 2 saturated heterocycles. The third-order valence-electron chi connectivity index (χ3n) is 6.29. The van der Waals surface area contributed by atoms with Crippen molar-refractivity contribution in [2.75, 3.05) is 13.7 Å². The number of aromatic nitrogens is 2. The number of pyridine rings is 1. The number of hydrogen-bond acceptors (Lipinski definition) is 4. The van der Waals surface area contributed by atoms with Crippen molar-refractivity contribution >= 4 is 11.4 Å². The molecular formula is C23H23FN2O3. The van der Waals surface area contributed by atoms with Gasteiger partial charge in [-0.15, -0.1) is 0 Å². The first-order chi connectivity index (χ1) is 13.8. The minimum Gasteiger partial charge on any atom is -0.493 e. The van der Waals surface area contributed by atoms with Crippen molar-refractivity contribution in [3.8, 4) is 5.75 Å². The van der Waals surface area contributed by atoms with E-state index in [9.17, 15) is 9.18 Å². The van der Waals surface area contributed by atoms with Gasteiger partial charge in [0.1, 0.15) is 5.65 Å². The smallest absolute Gasteiger partial charge is 0.171 e. The van der Waals surface area contributed by atoms with Crippen molar-refractivity contribution < 1.29 is 18.7 Å². The van der Waals surface area contributed by atoms with Gasteiger partial charge in [0.2, 0.25) is 0 Å². The normalized spacial score (nSPS) is 25.2. The van der Waals surface area contributed by atoms with E-state index in [2.05, 4.69) is 13.1 Å². The Morgan fingerprint density at radius 3 is 2.83 bits per heavy atom. The quantitative estimate of drug-likeness (QED) is 0.613. The Balaban J connectivity index is 1.46. The first kappa shape index (κ1) is 18.3. The second kappa shape index (κ2) is 6.13. The number of halogens is 1. The number of aryl methyl sites for hydroxylation is 1. The third kappa shape index (κ3) is 2.77. The number of fused-ring (bicyclic) bond motifs is 2. The van der Waals surface area contributed by atoms with Crippen LogP contribution in [0.25, 0.3) is 5.65 Å². The minimum absolute atomic E-state index is 0.00594. The fourth-order valence-corrected chi connectivity index (χ4v) is 5.06. The van der Waals surface area contributed by atoms with Gasteiger partial charge in [0.25, 0.3) is 0 Å². The molecule has 0 radical (unpaired) electrons. The van der Waals surface area contributed by atoms with Gasteiger partial charge in [-0.1, -0.05) is 12.1 Å². The van der Waals surface area contributed by atoms with E-state index in [1.807, 2.05) is 23.6 Å². The Hall–Kier alpha value is -2.73. The zero-order valence-corrected chi connectivity index (χ0v) is 16.8. The zero-order chi connectivity index (χ0) is 20.4. The molecule has 2 aliphatic heterocycles. The average molecular weight is 394 g/mol. The van der Waals surface area contributed by atoms with Gasteiger partial charge in [-0.25, -0.2) is 9.37 Å². The van der Waals surface area contributed by atoms with E-state index >= 15 is 0 Å². The number of ketones is 1. The lowest BCUT2D eigenvalue weighted by molar-refractivity contribution is 0.0154. The number of nitrogens with zero attached hydrogens (tertiary/aromatic N) is 2. The molecule has 150 valence electrons. The number of hydrogen-bond donors (Lipinski definition) is 0. The molecule has 5 nitrogen and oxygen atoms in total. The molecule has 6 heteroatoms. The highest BCUT2D eigenvalue weighted by atomic mass is 19.1. The van der Waals surface area contributed by atoms with Gasteiger partial charge in [-0.2, -0.15) is 0 Å². The number of para-hydroxylation sites is 1. The molecule has 0 amide bonds. The summed E-state index contributed by atoms with van der Waals surface area (Å²) in [5.41, 5.74) is 4.11. The second-order valence-corrected chi connectivity index (χ2v) is 8.68. The summed E-state index contributed by atoms with van der Waals surface area (Å²) in [6, 6.07) is 6.38. The molecule has 29 heavy (non-hydrogen) atoms. The maximum absolute atomic E-state index is 13.9. The highest BCUT2D eigenvalue weighted by molar-refractivity contribution is 6.00. The van der Waals surface area contributed by atoms with Crippen molar-refractivity contribution in [1.82, 2.24) is 9.38 Å². The number of carbonyl (C=O) groups excluding carboxylic acids is 1. The van der Waals surface area contributed by atoms with E-state index in [1.54, 1.807) is 6.07 Å². The topological polar surface area (TPSA) is 52.8 Å². The standard InChI is InChI=1S/C23H23FN2O3/c1-14-7-15(8-18(27)16-5-4-6-17(24)20(16)28-3)9-26-10-19(25-21(14)26)23-11-22(2,12-23)29-13-23/h4-7,9-10H,8,11-13H2,1-3H3. The van der Waals surface area contributed by atoms with Gasteiger partial charge in [0, 0.05) is 24.2 Å². The lowest BCUT2D eigenvalue weighted by atomic mass is 9.62.